The zero-order valence-corrected chi connectivity index (χ0v) is 17.7. The molecule has 1 amide bonds. The Kier molecular flexibility index (Phi) is 8.65. The van der Waals surface area contributed by atoms with Crippen LogP contribution in [-0.2, 0) is 4.79 Å². The van der Waals surface area contributed by atoms with Gasteiger partial charge in [0, 0.05) is 15.7 Å². The van der Waals surface area contributed by atoms with Gasteiger partial charge in [-0.05, 0) is 65.0 Å². The van der Waals surface area contributed by atoms with Crippen molar-refractivity contribution in [3.8, 4) is 0 Å². The van der Waals surface area contributed by atoms with Crippen molar-refractivity contribution in [1.82, 2.24) is 10.6 Å². The summed E-state index contributed by atoms with van der Waals surface area (Å²) in [5.74, 6) is -0.0243. The molecule has 9 heteroatoms. The number of anilines is 1. The molecule has 1 aromatic carbocycles. The second-order valence-electron chi connectivity index (χ2n) is 5.25. The summed E-state index contributed by atoms with van der Waals surface area (Å²) in [7, 11) is 0. The van der Waals surface area contributed by atoms with Gasteiger partial charge in [0.15, 0.2) is 5.11 Å². The van der Waals surface area contributed by atoms with Crippen LogP contribution < -0.4 is 16.0 Å². The minimum absolute atomic E-state index is 0.197. The number of carbonyl (C=O) groups excluding carboxylic acids is 1. The van der Waals surface area contributed by atoms with Gasteiger partial charge in [0.2, 0.25) is 9.70 Å². The van der Waals surface area contributed by atoms with Crippen LogP contribution in [-0.4, -0.2) is 21.0 Å². The Balaban J connectivity index is 2.67. The third-order valence-electron chi connectivity index (χ3n) is 2.60. The molecule has 0 aliphatic carbocycles. The fourth-order valence-corrected chi connectivity index (χ4v) is 2.54. The van der Waals surface area contributed by atoms with Gasteiger partial charge < -0.3 is 16.0 Å². The molecule has 0 saturated heterocycles. The molecule has 0 fully saturated rings. The Hall–Kier alpha value is -0.0200. The van der Waals surface area contributed by atoms with Crippen LogP contribution in [0.25, 0.3) is 0 Å². The largest absolute Gasteiger partial charge is 0.339 e. The molecule has 0 bridgehead atoms. The standard InChI is InChI=1S/C14H17Cl3IN3OS/c1-8(2)7-11(22)20-12(14(15,16)17)21-13(23)19-10-5-3-9(18)4-6-10/h3-6,8,12H,7H2,1-2H3,(H,20,22)(H2,19,21,23)/t12-/m0/s1. The monoisotopic (exact) mass is 507 g/mol. The van der Waals surface area contributed by atoms with E-state index in [1.165, 1.54) is 0 Å². The number of carbonyl (C=O) groups is 1. The molecule has 4 nitrogen and oxygen atoms in total. The number of rotatable bonds is 5. The smallest absolute Gasteiger partial charge is 0.228 e. The molecular formula is C14H17Cl3IN3OS. The van der Waals surface area contributed by atoms with E-state index in [2.05, 4.69) is 38.5 Å². The number of thiocarbonyl (C=S) groups is 1. The average Bonchev–Trinajstić information content (AvgIpc) is 2.38. The lowest BCUT2D eigenvalue weighted by Crippen LogP contribution is -2.56. The lowest BCUT2D eigenvalue weighted by atomic mass is 10.1. The van der Waals surface area contributed by atoms with Crippen molar-refractivity contribution in [2.75, 3.05) is 5.32 Å². The van der Waals surface area contributed by atoms with Crippen molar-refractivity contribution in [3.63, 3.8) is 0 Å². The highest BCUT2D eigenvalue weighted by molar-refractivity contribution is 14.1. The Morgan fingerprint density at radius 3 is 2.26 bits per heavy atom. The van der Waals surface area contributed by atoms with Gasteiger partial charge in [-0.1, -0.05) is 48.7 Å². The van der Waals surface area contributed by atoms with Crippen molar-refractivity contribution in [2.24, 2.45) is 5.92 Å². The molecule has 0 aromatic heterocycles. The molecule has 0 radical (unpaired) electrons. The van der Waals surface area contributed by atoms with Gasteiger partial charge in [-0.3, -0.25) is 4.79 Å². The van der Waals surface area contributed by atoms with E-state index in [1.807, 2.05) is 38.1 Å². The molecular weight excluding hydrogens is 492 g/mol. The summed E-state index contributed by atoms with van der Waals surface area (Å²) in [4.78, 5) is 11.9. The molecule has 0 saturated carbocycles. The topological polar surface area (TPSA) is 53.2 Å². The maximum absolute atomic E-state index is 11.9. The van der Waals surface area contributed by atoms with Gasteiger partial charge in [-0.25, -0.2) is 0 Å². The van der Waals surface area contributed by atoms with E-state index in [4.69, 9.17) is 47.0 Å². The molecule has 0 aliphatic heterocycles. The number of hydrogen-bond acceptors (Lipinski definition) is 2. The first-order valence-electron chi connectivity index (χ1n) is 6.77. The fourth-order valence-electron chi connectivity index (χ4n) is 1.62. The highest BCUT2D eigenvalue weighted by Gasteiger charge is 2.34. The zero-order valence-electron chi connectivity index (χ0n) is 12.5. The quantitative estimate of drug-likeness (QED) is 0.238. The van der Waals surface area contributed by atoms with E-state index >= 15 is 0 Å². The Morgan fingerprint density at radius 2 is 1.78 bits per heavy atom. The first kappa shape index (κ1) is 21.0. The Morgan fingerprint density at radius 1 is 1.22 bits per heavy atom. The third kappa shape index (κ3) is 8.58. The minimum atomic E-state index is -1.75. The van der Waals surface area contributed by atoms with Crippen LogP contribution in [0.2, 0.25) is 0 Å². The molecule has 23 heavy (non-hydrogen) atoms. The lowest BCUT2D eigenvalue weighted by Gasteiger charge is -2.28. The SMILES string of the molecule is CC(C)CC(=O)N[C@@H](NC(=S)Nc1ccc(I)cc1)C(Cl)(Cl)Cl. The van der Waals surface area contributed by atoms with Gasteiger partial charge in [0.05, 0.1) is 0 Å². The van der Waals surface area contributed by atoms with E-state index < -0.39 is 9.96 Å². The van der Waals surface area contributed by atoms with E-state index in [9.17, 15) is 4.79 Å². The van der Waals surface area contributed by atoms with E-state index in [0.29, 0.717) is 6.42 Å². The summed E-state index contributed by atoms with van der Waals surface area (Å²) in [5, 5.41) is 8.67. The minimum Gasteiger partial charge on any atom is -0.339 e. The second kappa shape index (κ2) is 9.46. The molecule has 3 N–H and O–H groups in total. The summed E-state index contributed by atoms with van der Waals surface area (Å²) >= 11 is 25.1. The third-order valence-corrected chi connectivity index (χ3v) is 4.20. The van der Waals surface area contributed by atoms with Crippen molar-refractivity contribution in [1.29, 1.82) is 0 Å². The normalized spacial score (nSPS) is 12.7. The number of nitrogens with one attached hydrogen (secondary N) is 3. The van der Waals surface area contributed by atoms with Gasteiger partial charge in [-0.15, -0.1) is 0 Å². The maximum Gasteiger partial charge on any atom is 0.228 e. The average molecular weight is 509 g/mol. The molecule has 0 spiro atoms. The highest BCUT2D eigenvalue weighted by atomic mass is 127. The first-order valence-corrected chi connectivity index (χ1v) is 9.39. The number of amides is 1. The number of halogens is 4. The molecule has 0 heterocycles. The van der Waals surface area contributed by atoms with Crippen molar-refractivity contribution >= 4 is 86.3 Å². The number of benzene rings is 1. The Labute approximate surface area is 170 Å². The van der Waals surface area contributed by atoms with E-state index in [0.717, 1.165) is 9.26 Å². The molecule has 0 aliphatic rings. The predicted octanol–water partition coefficient (Wildman–Crippen LogP) is 4.44. The lowest BCUT2D eigenvalue weighted by molar-refractivity contribution is -0.122. The molecule has 1 rings (SSSR count). The maximum atomic E-state index is 11.9. The van der Waals surface area contributed by atoms with Crippen LogP contribution >= 0.6 is 69.6 Å². The molecule has 1 aromatic rings. The van der Waals surface area contributed by atoms with Crippen LogP contribution in [0, 0.1) is 9.49 Å². The number of hydrogen-bond donors (Lipinski definition) is 3. The van der Waals surface area contributed by atoms with Crippen LogP contribution in [0.4, 0.5) is 5.69 Å². The Bertz CT molecular complexity index is 549. The van der Waals surface area contributed by atoms with E-state index in [1.54, 1.807) is 0 Å². The van der Waals surface area contributed by atoms with Crippen molar-refractivity contribution < 1.29 is 4.79 Å². The molecule has 0 unspecified atom stereocenters. The van der Waals surface area contributed by atoms with E-state index in [-0.39, 0.29) is 16.9 Å². The number of alkyl halides is 3. The van der Waals surface area contributed by atoms with Crippen LogP contribution in [0.15, 0.2) is 24.3 Å². The summed E-state index contributed by atoms with van der Waals surface area (Å²) in [5.41, 5.74) is 0.791. The molecule has 128 valence electrons. The predicted molar refractivity (Wildman–Crippen MR) is 110 cm³/mol. The van der Waals surface area contributed by atoms with Gasteiger partial charge in [0.1, 0.15) is 6.17 Å². The van der Waals surface area contributed by atoms with Crippen LogP contribution in [0.1, 0.15) is 20.3 Å². The summed E-state index contributed by atoms with van der Waals surface area (Å²) in [6.07, 6.45) is -0.612. The van der Waals surface area contributed by atoms with Crippen LogP contribution in [0.3, 0.4) is 0 Å². The molecule has 1 atom stereocenters. The van der Waals surface area contributed by atoms with Gasteiger partial charge in [0.25, 0.3) is 0 Å². The van der Waals surface area contributed by atoms with Crippen molar-refractivity contribution in [2.45, 2.75) is 30.2 Å². The first-order chi connectivity index (χ1) is 10.6. The fraction of sp³-hybridized carbons (Fsp3) is 0.429. The summed E-state index contributed by atoms with van der Waals surface area (Å²) in [6, 6.07) is 7.61. The second-order valence-corrected chi connectivity index (χ2v) is 9.27. The summed E-state index contributed by atoms with van der Waals surface area (Å²) < 4.78 is -0.642. The van der Waals surface area contributed by atoms with Gasteiger partial charge >= 0.3 is 0 Å². The van der Waals surface area contributed by atoms with Crippen LogP contribution in [0.5, 0.6) is 0 Å². The highest BCUT2D eigenvalue weighted by Crippen LogP contribution is 2.29. The summed E-state index contributed by atoms with van der Waals surface area (Å²) in [6.45, 7) is 3.86. The van der Waals surface area contributed by atoms with Gasteiger partial charge in [-0.2, -0.15) is 0 Å². The van der Waals surface area contributed by atoms with Crippen molar-refractivity contribution in [3.05, 3.63) is 27.8 Å². The zero-order chi connectivity index (χ0) is 17.6.